The van der Waals surface area contributed by atoms with Gasteiger partial charge in [-0.15, -0.1) is 0 Å². The lowest BCUT2D eigenvalue weighted by molar-refractivity contribution is 1.18. The Kier molecular flexibility index (Phi) is 6.25. The molecular weight excluding hydrogens is 631 g/mol. The molecule has 3 nitrogen and oxygen atoms in total. The molecule has 11 aromatic rings. The highest BCUT2D eigenvalue weighted by molar-refractivity contribution is 6.30. The van der Waals surface area contributed by atoms with Crippen LogP contribution in [0.15, 0.2) is 188 Å². The van der Waals surface area contributed by atoms with Crippen molar-refractivity contribution >= 4 is 59.9 Å². The van der Waals surface area contributed by atoms with Crippen molar-refractivity contribution in [2.45, 2.75) is 0 Å². The zero-order valence-electron chi connectivity index (χ0n) is 28.2. The number of para-hydroxylation sites is 2. The monoisotopic (exact) mass is 661 g/mol. The summed E-state index contributed by atoms with van der Waals surface area (Å²) >= 11 is 0. The summed E-state index contributed by atoms with van der Waals surface area (Å²) in [5.41, 5.74) is 13.5. The Labute approximate surface area is 300 Å². The molecule has 0 aliphatic carbocycles. The van der Waals surface area contributed by atoms with Crippen molar-refractivity contribution < 1.29 is 0 Å². The van der Waals surface area contributed by atoms with E-state index in [0.717, 1.165) is 33.8 Å². The zero-order valence-corrected chi connectivity index (χ0v) is 28.2. The van der Waals surface area contributed by atoms with Crippen LogP contribution in [0.25, 0.3) is 99.2 Å². The number of pyridine rings is 2. The Morgan fingerprint density at radius 1 is 0.327 bits per heavy atom. The molecule has 4 heterocycles. The van der Waals surface area contributed by atoms with Gasteiger partial charge in [-0.05, 0) is 71.1 Å². The fourth-order valence-corrected chi connectivity index (χ4v) is 8.36. The minimum atomic E-state index is 0.946. The Morgan fingerprint density at radius 2 is 0.923 bits per heavy atom. The average molecular weight is 662 g/mol. The van der Waals surface area contributed by atoms with Crippen LogP contribution in [0, 0.1) is 0 Å². The first kappa shape index (κ1) is 28.8. The van der Waals surface area contributed by atoms with E-state index in [1.54, 1.807) is 0 Å². The van der Waals surface area contributed by atoms with Crippen molar-refractivity contribution in [1.29, 1.82) is 0 Å². The molecule has 7 aromatic carbocycles. The summed E-state index contributed by atoms with van der Waals surface area (Å²) in [5.74, 6) is 0. The van der Waals surface area contributed by atoms with Crippen molar-refractivity contribution in [3.8, 4) is 39.3 Å². The number of hydrogen-bond acceptors (Lipinski definition) is 1. The number of fused-ring (bicyclic) bond motifs is 12. The second kappa shape index (κ2) is 11.3. The molecule has 0 N–H and O–H groups in total. The summed E-state index contributed by atoms with van der Waals surface area (Å²) in [6.07, 6.45) is 0. The van der Waals surface area contributed by atoms with E-state index < -0.39 is 0 Å². The normalized spacial score (nSPS) is 11.8. The van der Waals surface area contributed by atoms with Gasteiger partial charge in [0.15, 0.2) is 0 Å². The Balaban J connectivity index is 1.19. The molecule has 0 aliphatic rings. The minimum Gasteiger partial charge on any atom is -0.309 e. The third kappa shape index (κ3) is 4.30. The van der Waals surface area contributed by atoms with Crippen LogP contribution in [0.3, 0.4) is 0 Å². The van der Waals surface area contributed by atoms with Crippen LogP contribution >= 0.6 is 0 Å². The summed E-state index contributed by atoms with van der Waals surface area (Å²) in [6.45, 7) is 0. The van der Waals surface area contributed by atoms with Crippen molar-refractivity contribution in [3.63, 3.8) is 0 Å². The number of rotatable bonds is 4. The number of benzene rings is 7. The minimum absolute atomic E-state index is 0.946. The van der Waals surface area contributed by atoms with E-state index in [0.29, 0.717) is 0 Å². The molecule has 242 valence electrons. The molecule has 0 atom stereocenters. The van der Waals surface area contributed by atoms with Gasteiger partial charge in [0.05, 0.1) is 39.0 Å². The van der Waals surface area contributed by atoms with E-state index in [2.05, 4.69) is 197 Å². The highest BCUT2D eigenvalue weighted by Gasteiger charge is 2.20. The van der Waals surface area contributed by atoms with Gasteiger partial charge in [-0.2, -0.15) is 0 Å². The molecule has 11 rings (SSSR count). The molecule has 0 radical (unpaired) electrons. The maximum atomic E-state index is 5.26. The SMILES string of the molecule is c1ccc(-c2cc(-c3ccccc3)nc(-c3cccc(-n4c5ccccc5c5c6c7ccccc7c7cc8ccccc8n7c6ccc54)c3)c2)cc1. The predicted molar refractivity (Wildman–Crippen MR) is 218 cm³/mol. The van der Waals surface area contributed by atoms with Gasteiger partial charge in [0.2, 0.25) is 0 Å². The average Bonchev–Trinajstić information content (AvgIpc) is 3.78. The lowest BCUT2D eigenvalue weighted by Crippen LogP contribution is -1.96. The second-order valence-electron chi connectivity index (χ2n) is 13.6. The van der Waals surface area contributed by atoms with Gasteiger partial charge in [0.25, 0.3) is 0 Å². The van der Waals surface area contributed by atoms with Crippen molar-refractivity contribution in [2.24, 2.45) is 0 Å². The van der Waals surface area contributed by atoms with Crippen molar-refractivity contribution in [2.75, 3.05) is 0 Å². The molecule has 52 heavy (non-hydrogen) atoms. The number of hydrogen-bond donors (Lipinski definition) is 0. The molecule has 0 saturated heterocycles. The number of nitrogens with zero attached hydrogens (tertiary/aromatic N) is 3. The van der Waals surface area contributed by atoms with Crippen LogP contribution in [0.2, 0.25) is 0 Å². The zero-order chi connectivity index (χ0) is 34.2. The molecule has 0 saturated carbocycles. The van der Waals surface area contributed by atoms with Crippen LogP contribution in [-0.2, 0) is 0 Å². The summed E-state index contributed by atoms with van der Waals surface area (Å²) in [4.78, 5) is 5.26. The van der Waals surface area contributed by atoms with Crippen LogP contribution in [0.4, 0.5) is 0 Å². The third-order valence-corrected chi connectivity index (χ3v) is 10.6. The first-order chi connectivity index (χ1) is 25.8. The topological polar surface area (TPSA) is 22.2 Å². The van der Waals surface area contributed by atoms with Gasteiger partial charge >= 0.3 is 0 Å². The van der Waals surface area contributed by atoms with E-state index >= 15 is 0 Å². The first-order valence-corrected chi connectivity index (χ1v) is 17.8. The van der Waals surface area contributed by atoms with Gasteiger partial charge in [-0.1, -0.05) is 133 Å². The smallest absolute Gasteiger partial charge is 0.0716 e. The van der Waals surface area contributed by atoms with Crippen LogP contribution < -0.4 is 0 Å². The predicted octanol–water partition coefficient (Wildman–Crippen LogP) is 12.9. The first-order valence-electron chi connectivity index (χ1n) is 17.8. The van der Waals surface area contributed by atoms with Crippen LogP contribution in [-0.4, -0.2) is 14.0 Å². The van der Waals surface area contributed by atoms with Crippen molar-refractivity contribution in [3.05, 3.63) is 188 Å². The Bertz CT molecular complexity index is 3110. The highest BCUT2D eigenvalue weighted by atomic mass is 15.0. The van der Waals surface area contributed by atoms with E-state index in [9.17, 15) is 0 Å². The molecule has 3 heteroatoms. The summed E-state index contributed by atoms with van der Waals surface area (Å²) in [7, 11) is 0. The Hall–Kier alpha value is -6.97. The lowest BCUT2D eigenvalue weighted by atomic mass is 9.99. The van der Waals surface area contributed by atoms with E-state index in [-0.39, 0.29) is 0 Å². The van der Waals surface area contributed by atoms with Gasteiger partial charge in [0, 0.05) is 43.7 Å². The summed E-state index contributed by atoms with van der Waals surface area (Å²) in [6, 6.07) is 67.7. The summed E-state index contributed by atoms with van der Waals surface area (Å²) in [5, 5.41) is 7.56. The lowest BCUT2D eigenvalue weighted by Gasteiger charge is -2.14. The molecule has 4 aromatic heterocycles. The van der Waals surface area contributed by atoms with Gasteiger partial charge in [-0.3, -0.25) is 0 Å². The second-order valence-corrected chi connectivity index (χ2v) is 13.6. The molecule has 0 bridgehead atoms. The van der Waals surface area contributed by atoms with Gasteiger partial charge in [0.1, 0.15) is 0 Å². The standard InChI is InChI=1S/C49H31N3/c1-3-14-32(15-4-1)36-29-41(33-16-5-2-6-17-33)50-42(30-36)34-19-13-20-37(28-34)51-44-25-12-10-23-40(44)49-45(51)26-27-46-48(49)39-22-9-8-21-38(39)47-31-35-18-7-11-24-43(35)52(46)47/h1-31H. The largest absolute Gasteiger partial charge is 0.309 e. The fraction of sp³-hybridized carbons (Fsp3) is 0. The Morgan fingerprint density at radius 3 is 1.73 bits per heavy atom. The summed E-state index contributed by atoms with van der Waals surface area (Å²) < 4.78 is 4.88. The number of aromatic nitrogens is 3. The van der Waals surface area contributed by atoms with Crippen molar-refractivity contribution in [1.82, 2.24) is 14.0 Å². The molecule has 0 unspecified atom stereocenters. The van der Waals surface area contributed by atoms with E-state index in [4.69, 9.17) is 4.98 Å². The molecule has 0 spiro atoms. The molecule has 0 amide bonds. The van der Waals surface area contributed by atoms with E-state index in [1.165, 1.54) is 65.5 Å². The molecule has 0 aliphatic heterocycles. The molecule has 0 fully saturated rings. The quantitative estimate of drug-likeness (QED) is 0.172. The maximum Gasteiger partial charge on any atom is 0.0716 e. The third-order valence-electron chi connectivity index (χ3n) is 10.6. The van der Waals surface area contributed by atoms with Crippen LogP contribution in [0.5, 0.6) is 0 Å². The fourth-order valence-electron chi connectivity index (χ4n) is 8.36. The van der Waals surface area contributed by atoms with Crippen LogP contribution in [0.1, 0.15) is 0 Å². The molecular formula is C49H31N3. The highest BCUT2D eigenvalue weighted by Crippen LogP contribution is 2.42. The van der Waals surface area contributed by atoms with Gasteiger partial charge in [-0.25, -0.2) is 4.98 Å². The van der Waals surface area contributed by atoms with Gasteiger partial charge < -0.3 is 8.97 Å². The maximum absolute atomic E-state index is 5.26. The van der Waals surface area contributed by atoms with E-state index in [1.807, 2.05) is 0 Å².